The molecule has 1 aromatic carbocycles. The van der Waals surface area contributed by atoms with Crippen LogP contribution in [0.1, 0.15) is 18.1 Å². The predicted molar refractivity (Wildman–Crippen MR) is 63.9 cm³/mol. The lowest BCUT2D eigenvalue weighted by atomic mass is 9.89. The van der Waals surface area contributed by atoms with Gasteiger partial charge in [0.1, 0.15) is 11.6 Å². The Kier molecular flexibility index (Phi) is 3.39. The molecule has 0 aliphatic heterocycles. The van der Waals surface area contributed by atoms with E-state index in [2.05, 4.69) is 4.98 Å². The number of benzene rings is 1. The molecule has 2 rings (SSSR count). The van der Waals surface area contributed by atoms with Gasteiger partial charge in [-0.1, -0.05) is 12.1 Å². The van der Waals surface area contributed by atoms with Gasteiger partial charge in [-0.2, -0.15) is 0 Å². The summed E-state index contributed by atoms with van der Waals surface area (Å²) in [6.07, 6.45) is 2.60. The van der Waals surface area contributed by atoms with Crippen molar-refractivity contribution in [3.8, 4) is 0 Å². The Morgan fingerprint density at radius 3 is 2.72 bits per heavy atom. The lowest BCUT2D eigenvalue weighted by Gasteiger charge is -2.24. The van der Waals surface area contributed by atoms with Crippen molar-refractivity contribution in [3.05, 3.63) is 65.5 Å². The van der Waals surface area contributed by atoms with Crippen LogP contribution in [0.5, 0.6) is 0 Å². The zero-order chi connectivity index (χ0) is 13.2. The van der Waals surface area contributed by atoms with Crippen LogP contribution >= 0.6 is 0 Å². The molecule has 0 spiro atoms. The fourth-order valence-electron chi connectivity index (χ4n) is 1.95. The Morgan fingerprint density at radius 2 is 2.06 bits per heavy atom. The van der Waals surface area contributed by atoms with Crippen LogP contribution < -0.4 is 0 Å². The Morgan fingerprint density at radius 1 is 1.28 bits per heavy atom. The summed E-state index contributed by atoms with van der Waals surface area (Å²) in [6.45, 7) is 1.50. The highest BCUT2D eigenvalue weighted by Crippen LogP contribution is 2.27. The van der Waals surface area contributed by atoms with Crippen LogP contribution in [0, 0.1) is 11.6 Å². The minimum Gasteiger partial charge on any atom is -0.385 e. The first-order valence-corrected chi connectivity index (χ1v) is 5.56. The number of aromatic nitrogens is 1. The van der Waals surface area contributed by atoms with Crippen LogP contribution in [-0.2, 0) is 12.0 Å². The standard InChI is InChI=1S/C14H13F2NO/c1-14(18,12-5-6-17-9-13(12)16)8-10-3-2-4-11(15)7-10/h2-7,9,18H,8H2,1H3. The normalized spacial score (nSPS) is 14.2. The van der Waals surface area contributed by atoms with Crippen molar-refractivity contribution < 1.29 is 13.9 Å². The summed E-state index contributed by atoms with van der Waals surface area (Å²) in [5, 5.41) is 10.3. The lowest BCUT2D eigenvalue weighted by molar-refractivity contribution is 0.0536. The Labute approximate surface area is 104 Å². The topological polar surface area (TPSA) is 33.1 Å². The van der Waals surface area contributed by atoms with Gasteiger partial charge in [-0.3, -0.25) is 4.98 Å². The molecule has 94 valence electrons. The smallest absolute Gasteiger partial charge is 0.147 e. The fraction of sp³-hybridized carbons (Fsp3) is 0.214. The van der Waals surface area contributed by atoms with Gasteiger partial charge in [0, 0.05) is 18.2 Å². The number of halogens is 2. The van der Waals surface area contributed by atoms with Crippen LogP contribution in [-0.4, -0.2) is 10.1 Å². The van der Waals surface area contributed by atoms with E-state index < -0.39 is 11.4 Å². The molecule has 18 heavy (non-hydrogen) atoms. The van der Waals surface area contributed by atoms with E-state index >= 15 is 0 Å². The van der Waals surface area contributed by atoms with E-state index in [-0.39, 0.29) is 17.8 Å². The summed E-state index contributed by atoms with van der Waals surface area (Å²) in [5.74, 6) is -0.947. The van der Waals surface area contributed by atoms with E-state index in [4.69, 9.17) is 0 Å². The van der Waals surface area contributed by atoms with E-state index in [1.54, 1.807) is 12.1 Å². The molecule has 0 fully saturated rings. The van der Waals surface area contributed by atoms with Crippen LogP contribution in [0.3, 0.4) is 0 Å². The van der Waals surface area contributed by atoms with E-state index in [1.807, 2.05) is 0 Å². The highest BCUT2D eigenvalue weighted by Gasteiger charge is 2.26. The first-order valence-electron chi connectivity index (χ1n) is 5.56. The molecule has 0 radical (unpaired) electrons. The zero-order valence-electron chi connectivity index (χ0n) is 9.90. The zero-order valence-corrected chi connectivity index (χ0v) is 9.90. The summed E-state index contributed by atoms with van der Waals surface area (Å²) in [6, 6.07) is 7.33. The highest BCUT2D eigenvalue weighted by atomic mass is 19.1. The molecule has 1 atom stereocenters. The molecule has 1 unspecified atom stereocenters. The first kappa shape index (κ1) is 12.6. The van der Waals surface area contributed by atoms with Crippen molar-refractivity contribution in [1.82, 2.24) is 4.98 Å². The third kappa shape index (κ3) is 2.71. The van der Waals surface area contributed by atoms with Gasteiger partial charge >= 0.3 is 0 Å². The largest absolute Gasteiger partial charge is 0.385 e. The van der Waals surface area contributed by atoms with Gasteiger partial charge < -0.3 is 5.11 Å². The molecule has 0 aliphatic carbocycles. The maximum absolute atomic E-state index is 13.6. The number of pyridine rings is 1. The Bertz CT molecular complexity index is 555. The third-order valence-corrected chi connectivity index (χ3v) is 2.79. The number of aliphatic hydroxyl groups is 1. The van der Waals surface area contributed by atoms with Crippen LogP contribution in [0.2, 0.25) is 0 Å². The molecule has 1 aromatic heterocycles. The maximum Gasteiger partial charge on any atom is 0.147 e. The number of rotatable bonds is 3. The molecule has 4 heteroatoms. The van der Waals surface area contributed by atoms with E-state index in [1.165, 1.54) is 31.3 Å². The van der Waals surface area contributed by atoms with E-state index in [0.717, 1.165) is 6.20 Å². The quantitative estimate of drug-likeness (QED) is 0.907. The minimum absolute atomic E-state index is 0.131. The fourth-order valence-corrected chi connectivity index (χ4v) is 1.95. The minimum atomic E-state index is -1.40. The highest BCUT2D eigenvalue weighted by molar-refractivity contribution is 5.25. The van der Waals surface area contributed by atoms with Crippen molar-refractivity contribution >= 4 is 0 Å². The van der Waals surface area contributed by atoms with Crippen LogP contribution in [0.25, 0.3) is 0 Å². The molecule has 0 saturated carbocycles. The molecule has 2 nitrogen and oxygen atoms in total. The molecule has 0 aliphatic rings. The van der Waals surface area contributed by atoms with Crippen molar-refractivity contribution in [2.24, 2.45) is 0 Å². The Hall–Kier alpha value is -1.81. The van der Waals surface area contributed by atoms with Gasteiger partial charge in [0.25, 0.3) is 0 Å². The molecular weight excluding hydrogens is 236 g/mol. The molecular formula is C14H13F2NO. The Balaban J connectivity index is 2.30. The van der Waals surface area contributed by atoms with Crippen molar-refractivity contribution in [2.45, 2.75) is 18.9 Å². The SMILES string of the molecule is CC(O)(Cc1cccc(F)c1)c1ccncc1F. The summed E-state index contributed by atoms with van der Waals surface area (Å²) < 4.78 is 26.6. The maximum atomic E-state index is 13.6. The summed E-state index contributed by atoms with van der Waals surface area (Å²) in [4.78, 5) is 3.63. The molecule has 0 saturated heterocycles. The number of hydrogen-bond donors (Lipinski definition) is 1. The lowest BCUT2D eigenvalue weighted by Crippen LogP contribution is -2.25. The second-order valence-electron chi connectivity index (χ2n) is 4.44. The number of nitrogens with zero attached hydrogens (tertiary/aromatic N) is 1. The van der Waals surface area contributed by atoms with Crippen LogP contribution in [0.15, 0.2) is 42.7 Å². The van der Waals surface area contributed by atoms with Crippen molar-refractivity contribution in [1.29, 1.82) is 0 Å². The van der Waals surface area contributed by atoms with Crippen molar-refractivity contribution in [2.75, 3.05) is 0 Å². The van der Waals surface area contributed by atoms with Gasteiger partial charge in [0.15, 0.2) is 0 Å². The molecule has 0 amide bonds. The van der Waals surface area contributed by atoms with E-state index in [9.17, 15) is 13.9 Å². The van der Waals surface area contributed by atoms with Gasteiger partial charge in [-0.05, 0) is 30.7 Å². The third-order valence-electron chi connectivity index (χ3n) is 2.79. The molecule has 1 heterocycles. The van der Waals surface area contributed by atoms with Gasteiger partial charge in [-0.15, -0.1) is 0 Å². The summed E-state index contributed by atoms with van der Waals surface area (Å²) in [5.41, 5.74) is -0.640. The van der Waals surface area contributed by atoms with E-state index in [0.29, 0.717) is 5.56 Å². The summed E-state index contributed by atoms with van der Waals surface area (Å²) >= 11 is 0. The molecule has 0 bridgehead atoms. The second-order valence-corrected chi connectivity index (χ2v) is 4.44. The molecule has 1 N–H and O–H groups in total. The van der Waals surface area contributed by atoms with Crippen molar-refractivity contribution in [3.63, 3.8) is 0 Å². The van der Waals surface area contributed by atoms with Gasteiger partial charge in [0.2, 0.25) is 0 Å². The average Bonchev–Trinajstić information content (AvgIpc) is 2.28. The van der Waals surface area contributed by atoms with Crippen LogP contribution in [0.4, 0.5) is 8.78 Å². The van der Waals surface area contributed by atoms with Gasteiger partial charge in [0.05, 0.1) is 11.8 Å². The second kappa shape index (κ2) is 4.82. The first-order chi connectivity index (χ1) is 8.49. The summed E-state index contributed by atoms with van der Waals surface area (Å²) in [7, 11) is 0. The van der Waals surface area contributed by atoms with Gasteiger partial charge in [-0.25, -0.2) is 8.78 Å². The molecule has 2 aromatic rings. The average molecular weight is 249 g/mol. The monoisotopic (exact) mass is 249 g/mol. The number of hydrogen-bond acceptors (Lipinski definition) is 2. The predicted octanol–water partition coefficient (Wildman–Crippen LogP) is 2.81.